The van der Waals surface area contributed by atoms with Gasteiger partial charge in [0.15, 0.2) is 5.11 Å². The summed E-state index contributed by atoms with van der Waals surface area (Å²) in [4.78, 5) is 0. The van der Waals surface area contributed by atoms with Crippen LogP contribution in [0.5, 0.6) is 0 Å². The van der Waals surface area contributed by atoms with Gasteiger partial charge in [-0.1, -0.05) is 36.7 Å². The molecule has 20 heavy (non-hydrogen) atoms. The lowest BCUT2D eigenvalue weighted by Crippen LogP contribution is -2.20. The fraction of sp³-hybridized carbons (Fsp3) is 0.133. The fourth-order valence-electron chi connectivity index (χ4n) is 1.82. The van der Waals surface area contributed by atoms with Crippen LogP contribution in [0, 0.1) is 5.82 Å². The number of hydrogen-bond donors (Lipinski definition) is 2. The molecule has 5 heteroatoms. The summed E-state index contributed by atoms with van der Waals surface area (Å²) in [5.74, 6) is -0.439. The second-order valence-electron chi connectivity index (χ2n) is 4.21. The zero-order valence-corrected chi connectivity index (χ0v) is 12.5. The molecule has 0 bridgehead atoms. The first kappa shape index (κ1) is 14.8. The van der Waals surface area contributed by atoms with Crippen LogP contribution in [-0.4, -0.2) is 5.11 Å². The smallest absolute Gasteiger partial charge is 0.175 e. The molecule has 0 saturated heterocycles. The van der Waals surface area contributed by atoms with E-state index in [1.165, 1.54) is 6.07 Å². The lowest BCUT2D eigenvalue weighted by atomic mass is 10.1. The van der Waals surface area contributed by atoms with Gasteiger partial charge >= 0.3 is 0 Å². The molecular formula is C15H14ClFN2S. The molecule has 0 atom stereocenters. The van der Waals surface area contributed by atoms with Crippen molar-refractivity contribution in [1.29, 1.82) is 0 Å². The van der Waals surface area contributed by atoms with Crippen LogP contribution in [-0.2, 0) is 6.42 Å². The summed E-state index contributed by atoms with van der Waals surface area (Å²) in [6.45, 7) is 2.07. The minimum absolute atomic E-state index is 0.292. The second-order valence-corrected chi connectivity index (χ2v) is 5.06. The van der Waals surface area contributed by atoms with Gasteiger partial charge in [0.2, 0.25) is 0 Å². The molecule has 0 radical (unpaired) electrons. The van der Waals surface area contributed by atoms with Crippen molar-refractivity contribution in [1.82, 2.24) is 0 Å². The summed E-state index contributed by atoms with van der Waals surface area (Å²) in [7, 11) is 0. The summed E-state index contributed by atoms with van der Waals surface area (Å²) in [5, 5.41) is 6.59. The molecule has 0 aliphatic rings. The van der Waals surface area contributed by atoms with Crippen LogP contribution >= 0.6 is 23.8 Å². The van der Waals surface area contributed by atoms with E-state index >= 15 is 0 Å². The lowest BCUT2D eigenvalue weighted by molar-refractivity contribution is 0.632. The normalized spacial score (nSPS) is 10.2. The molecule has 0 aliphatic heterocycles. The number of anilines is 2. The molecule has 0 amide bonds. The van der Waals surface area contributed by atoms with Crippen LogP contribution in [0.3, 0.4) is 0 Å². The number of aryl methyl sites for hydroxylation is 1. The Balaban J connectivity index is 2.09. The van der Waals surface area contributed by atoms with E-state index in [0.717, 1.165) is 17.7 Å². The Labute approximate surface area is 128 Å². The zero-order valence-electron chi connectivity index (χ0n) is 10.9. The molecule has 0 saturated carbocycles. The highest BCUT2D eigenvalue weighted by atomic mass is 35.5. The quantitative estimate of drug-likeness (QED) is 0.793. The van der Waals surface area contributed by atoms with Gasteiger partial charge in [0.05, 0.1) is 5.69 Å². The van der Waals surface area contributed by atoms with Crippen molar-refractivity contribution in [3.8, 4) is 0 Å². The maximum absolute atomic E-state index is 13.7. The molecule has 104 valence electrons. The minimum atomic E-state index is -0.439. The highest BCUT2D eigenvalue weighted by Crippen LogP contribution is 2.20. The van der Waals surface area contributed by atoms with Crippen molar-refractivity contribution in [3.05, 3.63) is 58.9 Å². The van der Waals surface area contributed by atoms with Gasteiger partial charge in [-0.05, 0) is 48.5 Å². The number of halogens is 2. The van der Waals surface area contributed by atoms with E-state index in [-0.39, 0.29) is 0 Å². The Morgan fingerprint density at radius 2 is 1.85 bits per heavy atom. The first-order valence-electron chi connectivity index (χ1n) is 6.21. The average molecular weight is 309 g/mol. The molecule has 0 aromatic heterocycles. The van der Waals surface area contributed by atoms with Gasteiger partial charge in [0.25, 0.3) is 0 Å². The van der Waals surface area contributed by atoms with Crippen molar-refractivity contribution < 1.29 is 4.39 Å². The molecule has 2 nitrogen and oxygen atoms in total. The number of thiocarbonyl (C=S) groups is 1. The van der Waals surface area contributed by atoms with Crippen LogP contribution in [0.25, 0.3) is 0 Å². The number of hydrogen-bond acceptors (Lipinski definition) is 1. The molecular weight excluding hydrogens is 295 g/mol. The Hall–Kier alpha value is -1.65. The molecule has 2 aromatic rings. The molecule has 0 unspecified atom stereocenters. The molecule has 2 N–H and O–H groups in total. The molecule has 2 aromatic carbocycles. The molecule has 0 aliphatic carbocycles. The number of benzene rings is 2. The Bertz CT molecular complexity index is 631. The Morgan fingerprint density at radius 3 is 2.55 bits per heavy atom. The minimum Gasteiger partial charge on any atom is -0.332 e. The van der Waals surface area contributed by atoms with Gasteiger partial charge in [-0.15, -0.1) is 0 Å². The van der Waals surface area contributed by atoms with E-state index in [2.05, 4.69) is 17.6 Å². The number of rotatable bonds is 3. The van der Waals surface area contributed by atoms with E-state index in [1.807, 2.05) is 24.3 Å². The highest BCUT2D eigenvalue weighted by Gasteiger charge is 2.06. The Morgan fingerprint density at radius 1 is 1.15 bits per heavy atom. The predicted molar refractivity (Wildman–Crippen MR) is 87.1 cm³/mol. The topological polar surface area (TPSA) is 24.1 Å². The SMILES string of the molecule is CCc1ccccc1NC(=S)Nc1ccc(Cl)cc1F. The van der Waals surface area contributed by atoms with E-state index < -0.39 is 5.82 Å². The zero-order chi connectivity index (χ0) is 14.5. The average Bonchev–Trinajstić information content (AvgIpc) is 2.42. The van der Waals surface area contributed by atoms with Crippen LogP contribution in [0.2, 0.25) is 5.02 Å². The molecule has 2 rings (SSSR count). The maximum atomic E-state index is 13.7. The molecule has 0 spiro atoms. The third-order valence-corrected chi connectivity index (χ3v) is 3.27. The van der Waals surface area contributed by atoms with Crippen molar-refractivity contribution in [2.24, 2.45) is 0 Å². The van der Waals surface area contributed by atoms with Crippen molar-refractivity contribution in [2.75, 3.05) is 10.6 Å². The van der Waals surface area contributed by atoms with Crippen LogP contribution in [0.15, 0.2) is 42.5 Å². The van der Waals surface area contributed by atoms with E-state index in [0.29, 0.717) is 15.8 Å². The second kappa shape index (κ2) is 6.68. The predicted octanol–water partition coefficient (Wildman–Crippen LogP) is 4.85. The summed E-state index contributed by atoms with van der Waals surface area (Å²) in [6, 6.07) is 12.3. The monoisotopic (exact) mass is 308 g/mol. The first-order chi connectivity index (χ1) is 9.60. The summed E-state index contributed by atoms with van der Waals surface area (Å²) < 4.78 is 13.7. The largest absolute Gasteiger partial charge is 0.332 e. The molecule has 0 heterocycles. The third kappa shape index (κ3) is 3.68. The first-order valence-corrected chi connectivity index (χ1v) is 6.99. The van der Waals surface area contributed by atoms with Gasteiger partial charge in [-0.25, -0.2) is 4.39 Å². The summed E-state index contributed by atoms with van der Waals surface area (Å²) in [6.07, 6.45) is 0.890. The van der Waals surface area contributed by atoms with E-state index in [4.69, 9.17) is 23.8 Å². The van der Waals surface area contributed by atoms with Gasteiger partial charge in [0.1, 0.15) is 5.82 Å². The Kier molecular flexibility index (Phi) is 4.93. The summed E-state index contributed by atoms with van der Waals surface area (Å²) >= 11 is 10.9. The highest BCUT2D eigenvalue weighted by molar-refractivity contribution is 7.80. The third-order valence-electron chi connectivity index (χ3n) is 2.83. The van der Waals surface area contributed by atoms with Gasteiger partial charge < -0.3 is 10.6 Å². The van der Waals surface area contributed by atoms with Crippen molar-refractivity contribution in [3.63, 3.8) is 0 Å². The number of para-hydroxylation sites is 1. The van der Waals surface area contributed by atoms with E-state index in [1.54, 1.807) is 12.1 Å². The van der Waals surface area contributed by atoms with Crippen molar-refractivity contribution in [2.45, 2.75) is 13.3 Å². The van der Waals surface area contributed by atoms with Gasteiger partial charge in [0, 0.05) is 10.7 Å². The number of nitrogens with one attached hydrogen (secondary N) is 2. The van der Waals surface area contributed by atoms with Crippen LogP contribution in [0.1, 0.15) is 12.5 Å². The van der Waals surface area contributed by atoms with Crippen LogP contribution < -0.4 is 10.6 Å². The fourth-order valence-corrected chi connectivity index (χ4v) is 2.20. The van der Waals surface area contributed by atoms with Gasteiger partial charge in [-0.2, -0.15) is 0 Å². The lowest BCUT2D eigenvalue weighted by Gasteiger charge is -2.13. The summed E-state index contributed by atoms with van der Waals surface area (Å²) in [5.41, 5.74) is 2.36. The van der Waals surface area contributed by atoms with Crippen LogP contribution in [0.4, 0.5) is 15.8 Å². The molecule has 0 fully saturated rings. The van der Waals surface area contributed by atoms with Gasteiger partial charge in [-0.3, -0.25) is 0 Å². The van der Waals surface area contributed by atoms with Crippen molar-refractivity contribution >= 4 is 40.3 Å². The van der Waals surface area contributed by atoms with E-state index in [9.17, 15) is 4.39 Å². The standard InChI is InChI=1S/C15H14ClFN2S/c1-2-10-5-3-4-6-13(10)18-15(20)19-14-8-7-11(16)9-12(14)17/h3-9H,2H2,1H3,(H2,18,19,20). The maximum Gasteiger partial charge on any atom is 0.175 e.